The van der Waals surface area contributed by atoms with E-state index < -0.39 is 12.1 Å². The van der Waals surface area contributed by atoms with Crippen LogP contribution in [0.2, 0.25) is 0 Å². The summed E-state index contributed by atoms with van der Waals surface area (Å²) in [4.78, 5) is 70.6. The number of hydrogen-bond donors (Lipinski definition) is 3. The molecule has 13 nitrogen and oxygen atoms in total. The average molecular weight is 775 g/mol. The molecule has 57 heavy (non-hydrogen) atoms. The molecule has 0 radical (unpaired) electrons. The number of likely N-dealkylation sites (tertiary alicyclic amines) is 1. The number of alkyl carbamates (subject to hydrolysis) is 1. The summed E-state index contributed by atoms with van der Waals surface area (Å²) in [6.45, 7) is 15.0. The van der Waals surface area contributed by atoms with Gasteiger partial charge in [-0.2, -0.15) is 0 Å². The zero-order valence-electron chi connectivity index (χ0n) is 33.9. The molecule has 3 aliphatic rings. The molecule has 3 N–H and O–H groups in total. The number of ether oxygens (including phenoxy) is 1. The van der Waals surface area contributed by atoms with Crippen molar-refractivity contribution in [2.24, 2.45) is 23.2 Å². The van der Waals surface area contributed by atoms with Gasteiger partial charge in [-0.15, -0.1) is 0 Å². The van der Waals surface area contributed by atoms with Crippen LogP contribution in [0.4, 0.5) is 16.3 Å². The molecular formula is C44H54N8O5. The Labute approximate surface area is 334 Å². The first-order valence-electron chi connectivity index (χ1n) is 20.0. The number of H-pyrrole nitrogens is 1. The first-order chi connectivity index (χ1) is 27.2. The molecule has 4 aromatic rings. The van der Waals surface area contributed by atoms with E-state index in [-0.39, 0.29) is 53.0 Å². The van der Waals surface area contributed by atoms with Crippen LogP contribution in [0, 0.1) is 23.2 Å². The van der Waals surface area contributed by atoms with Crippen LogP contribution in [-0.4, -0.2) is 93.9 Å². The predicted molar refractivity (Wildman–Crippen MR) is 219 cm³/mol. The van der Waals surface area contributed by atoms with Gasteiger partial charge in [0.25, 0.3) is 5.91 Å². The fourth-order valence-corrected chi connectivity index (χ4v) is 8.18. The van der Waals surface area contributed by atoms with E-state index in [4.69, 9.17) is 4.74 Å². The number of benzene rings is 2. The molecule has 7 rings (SSSR count). The zero-order valence-corrected chi connectivity index (χ0v) is 33.9. The molecule has 2 aliphatic heterocycles. The van der Waals surface area contributed by atoms with Crippen LogP contribution in [-0.2, 0) is 14.3 Å². The lowest BCUT2D eigenvalue weighted by Crippen LogP contribution is -2.54. The van der Waals surface area contributed by atoms with E-state index in [9.17, 15) is 19.2 Å². The van der Waals surface area contributed by atoms with Gasteiger partial charge < -0.3 is 35.1 Å². The molecule has 1 aliphatic carbocycles. The van der Waals surface area contributed by atoms with Gasteiger partial charge in [0.1, 0.15) is 17.7 Å². The highest BCUT2D eigenvalue weighted by atomic mass is 16.5. The third-order valence-electron chi connectivity index (χ3n) is 11.8. The highest BCUT2D eigenvalue weighted by molar-refractivity contribution is 6.04. The van der Waals surface area contributed by atoms with Crippen LogP contribution < -0.4 is 15.5 Å². The minimum absolute atomic E-state index is 0.115. The van der Waals surface area contributed by atoms with Gasteiger partial charge >= 0.3 is 6.09 Å². The van der Waals surface area contributed by atoms with Crippen LogP contribution in [0.15, 0.2) is 73.1 Å². The number of nitrogens with zero attached hydrogens (tertiary/aromatic N) is 5. The second kappa shape index (κ2) is 16.0. The number of methoxy groups -OCH3 is 1. The quantitative estimate of drug-likeness (QED) is 0.160. The van der Waals surface area contributed by atoms with E-state index in [1.807, 2.05) is 84.3 Å². The molecule has 2 saturated heterocycles. The van der Waals surface area contributed by atoms with Crippen LogP contribution in [0.5, 0.6) is 0 Å². The third kappa shape index (κ3) is 8.52. The summed E-state index contributed by atoms with van der Waals surface area (Å²) in [7, 11) is 1.29. The Hall–Kier alpha value is -5.72. The summed E-state index contributed by atoms with van der Waals surface area (Å²) in [5, 5.41) is 5.66. The second-order valence-corrected chi connectivity index (χ2v) is 17.0. The molecule has 300 valence electrons. The van der Waals surface area contributed by atoms with Crippen molar-refractivity contribution >= 4 is 35.3 Å². The smallest absolute Gasteiger partial charge is 0.407 e. The first kappa shape index (κ1) is 39.5. The van der Waals surface area contributed by atoms with Crippen molar-refractivity contribution in [1.29, 1.82) is 0 Å². The van der Waals surface area contributed by atoms with Crippen LogP contribution in [0.25, 0.3) is 22.4 Å². The van der Waals surface area contributed by atoms with E-state index in [0.717, 1.165) is 47.6 Å². The third-order valence-corrected chi connectivity index (χ3v) is 11.8. The number of nitrogens with one attached hydrogen (secondary N) is 3. The van der Waals surface area contributed by atoms with Crippen LogP contribution in [0.3, 0.4) is 0 Å². The van der Waals surface area contributed by atoms with E-state index in [2.05, 4.69) is 58.2 Å². The molecule has 0 unspecified atom stereocenters. The molecule has 0 bridgehead atoms. The monoisotopic (exact) mass is 774 g/mol. The maximum atomic E-state index is 13.7. The molecule has 0 spiro atoms. The maximum Gasteiger partial charge on any atom is 0.407 e. The van der Waals surface area contributed by atoms with Crippen LogP contribution in [0.1, 0.15) is 76.6 Å². The second-order valence-electron chi connectivity index (χ2n) is 17.0. The van der Waals surface area contributed by atoms with Crippen molar-refractivity contribution in [3.05, 3.63) is 84.4 Å². The number of carbonyl (C=O) groups excluding carboxylic acids is 4. The minimum atomic E-state index is -0.702. The van der Waals surface area contributed by atoms with Gasteiger partial charge in [-0.05, 0) is 78.0 Å². The van der Waals surface area contributed by atoms with E-state index >= 15 is 0 Å². The number of hydrogen-bond acceptors (Lipinski definition) is 8. The molecule has 13 heteroatoms. The van der Waals surface area contributed by atoms with Crippen molar-refractivity contribution in [2.75, 3.05) is 43.5 Å². The number of aromatic amines is 1. The lowest BCUT2D eigenvalue weighted by molar-refractivity contribution is -0.136. The number of anilines is 2. The van der Waals surface area contributed by atoms with Gasteiger partial charge in [-0.1, -0.05) is 71.0 Å². The molecule has 4 amide bonds. The predicted octanol–water partition coefficient (Wildman–Crippen LogP) is 6.76. The average Bonchev–Trinajstić information content (AvgIpc) is 3.49. The molecule has 2 aromatic heterocycles. The van der Waals surface area contributed by atoms with E-state index in [0.29, 0.717) is 36.7 Å². The Morgan fingerprint density at radius 2 is 1.54 bits per heavy atom. The lowest BCUT2D eigenvalue weighted by Gasteiger charge is -2.41. The number of aromatic nitrogens is 3. The Balaban J connectivity index is 0.939. The molecule has 1 saturated carbocycles. The number of imidazole rings is 1. The molecule has 2 aromatic carbocycles. The van der Waals surface area contributed by atoms with Gasteiger partial charge in [-0.25, -0.2) is 14.8 Å². The Morgan fingerprint density at radius 1 is 0.877 bits per heavy atom. The van der Waals surface area contributed by atoms with Crippen molar-refractivity contribution in [3.63, 3.8) is 0 Å². The van der Waals surface area contributed by atoms with Crippen LogP contribution >= 0.6 is 0 Å². The number of carbonyl (C=O) groups is 4. The standard InChI is InChI=1S/C44H54N8O5/c1-26(2)38(49-43(56)57-7)42(55)52-24-27(3)20-36(52)39-46-23-35(48-39)31-12-8-29(9-13-31)30-10-14-32(15-11-30)40(53)47-33-16-17-37(45-22-33)51-19-18-50(25-28(51)4)41(54)34-21-44(34,5)6/h8-17,22-23,26-28,34,36,38H,18-21,24-25H2,1-7H3,(H,46,48)(H,47,53)(H,49,56)/t27-,28+,34+,36-,38-/m0/s1. The fraction of sp³-hybridized carbons (Fsp3) is 0.455. The zero-order chi connectivity index (χ0) is 40.6. The number of piperazine rings is 1. The summed E-state index contributed by atoms with van der Waals surface area (Å²) < 4.78 is 4.77. The number of amides is 4. The molecule has 5 atom stereocenters. The lowest BCUT2D eigenvalue weighted by atomic mass is 10.0. The molecule has 3 fully saturated rings. The summed E-state index contributed by atoms with van der Waals surface area (Å²) in [5.74, 6) is 1.75. The minimum Gasteiger partial charge on any atom is -0.453 e. The van der Waals surface area contributed by atoms with E-state index in [1.54, 1.807) is 12.4 Å². The Bertz CT molecular complexity index is 2100. The topological polar surface area (TPSA) is 153 Å². The summed E-state index contributed by atoms with van der Waals surface area (Å²) in [6.07, 6.45) is 4.57. The van der Waals surface area contributed by atoms with Gasteiger partial charge in [0.2, 0.25) is 11.8 Å². The normalized spacial score (nSPS) is 21.9. The SMILES string of the molecule is COC(=O)N[C@H](C(=O)N1C[C@@H](C)C[C@H]1c1ncc(-c2ccc(-c3ccc(C(=O)Nc4ccc(N5CCN(C(=O)[C@H]6CC6(C)C)C[C@H]5C)nc4)cc3)cc2)[nH]1)C(C)C. The van der Waals surface area contributed by atoms with Crippen molar-refractivity contribution < 1.29 is 23.9 Å². The Morgan fingerprint density at radius 3 is 2.14 bits per heavy atom. The summed E-state index contributed by atoms with van der Waals surface area (Å²) >= 11 is 0. The van der Waals surface area contributed by atoms with Crippen molar-refractivity contribution in [1.82, 2.24) is 30.1 Å². The summed E-state index contributed by atoms with van der Waals surface area (Å²) in [6, 6.07) is 18.6. The first-order valence-corrected chi connectivity index (χ1v) is 20.0. The van der Waals surface area contributed by atoms with Crippen molar-refractivity contribution in [3.8, 4) is 22.4 Å². The molecular weight excluding hydrogens is 721 g/mol. The van der Waals surface area contributed by atoms with Gasteiger partial charge in [0.05, 0.1) is 36.9 Å². The summed E-state index contributed by atoms with van der Waals surface area (Å²) in [5.41, 5.74) is 5.04. The van der Waals surface area contributed by atoms with Gasteiger partial charge in [-0.3, -0.25) is 14.4 Å². The Kier molecular flexibility index (Phi) is 11.1. The van der Waals surface area contributed by atoms with Crippen molar-refractivity contribution in [2.45, 2.75) is 72.5 Å². The number of pyridine rings is 1. The number of rotatable bonds is 10. The fourth-order valence-electron chi connectivity index (χ4n) is 8.18. The highest BCUT2D eigenvalue weighted by Gasteiger charge is 2.52. The van der Waals surface area contributed by atoms with Gasteiger partial charge in [0, 0.05) is 43.7 Å². The molecule has 4 heterocycles. The van der Waals surface area contributed by atoms with Gasteiger partial charge in [0.15, 0.2) is 0 Å². The van der Waals surface area contributed by atoms with E-state index in [1.165, 1.54) is 7.11 Å². The highest BCUT2D eigenvalue weighted by Crippen LogP contribution is 2.52. The maximum absolute atomic E-state index is 13.7. The largest absolute Gasteiger partial charge is 0.453 e.